The van der Waals surface area contributed by atoms with Crippen molar-refractivity contribution in [3.8, 4) is 0 Å². The van der Waals surface area contributed by atoms with E-state index in [1.807, 2.05) is 0 Å². The van der Waals surface area contributed by atoms with Gasteiger partial charge in [0.25, 0.3) is 5.78 Å². The Bertz CT molecular complexity index is 443. The zero-order chi connectivity index (χ0) is 12.0. The third-order valence-corrected chi connectivity index (χ3v) is 1.78. The maximum atomic E-state index is 10.7. The third kappa shape index (κ3) is 3.42. The quantitative estimate of drug-likeness (QED) is 0.349. The number of allylic oxidation sites excluding steroid dienone is 2. The first-order valence-corrected chi connectivity index (χ1v) is 4.51. The highest BCUT2D eigenvalue weighted by molar-refractivity contribution is 6.37. The van der Waals surface area contributed by atoms with E-state index in [2.05, 4.69) is 0 Å². The molecule has 0 bridgehead atoms. The monoisotopic (exact) mass is 218 g/mol. The fourth-order valence-electron chi connectivity index (χ4n) is 1.00. The van der Waals surface area contributed by atoms with Crippen LogP contribution in [0.25, 0.3) is 5.76 Å². The first kappa shape index (κ1) is 11.7. The van der Waals surface area contributed by atoms with E-state index in [9.17, 15) is 14.7 Å². The first-order chi connectivity index (χ1) is 7.61. The van der Waals surface area contributed by atoms with Gasteiger partial charge in [0.1, 0.15) is 5.76 Å². The maximum absolute atomic E-state index is 10.7. The van der Waals surface area contributed by atoms with Crippen LogP contribution in [0.1, 0.15) is 5.56 Å². The van der Waals surface area contributed by atoms with E-state index in [1.165, 1.54) is 12.2 Å². The number of hydrogen-bond acceptors (Lipinski definition) is 3. The largest absolute Gasteiger partial charge is 0.507 e. The molecular formula is C12H10O4. The smallest absolute Gasteiger partial charge is 0.376 e. The van der Waals surface area contributed by atoms with Crippen molar-refractivity contribution >= 4 is 17.5 Å². The Kier molecular flexibility index (Phi) is 4.03. The van der Waals surface area contributed by atoms with Crippen LogP contribution < -0.4 is 0 Å². The highest BCUT2D eigenvalue weighted by Crippen LogP contribution is 2.09. The summed E-state index contributed by atoms with van der Waals surface area (Å²) >= 11 is 0. The fraction of sp³-hybridized carbons (Fsp3) is 0. The molecule has 0 aromatic heterocycles. The molecule has 0 heterocycles. The normalized spacial score (nSPS) is 11.6. The molecule has 0 aliphatic heterocycles. The minimum Gasteiger partial charge on any atom is -0.507 e. The van der Waals surface area contributed by atoms with Crippen LogP contribution in [-0.4, -0.2) is 22.0 Å². The second-order valence-electron chi connectivity index (χ2n) is 2.95. The SMILES string of the molecule is O=C(O)C(=O)/C=C/C=C(/O)c1ccccc1. The van der Waals surface area contributed by atoms with Gasteiger partial charge in [0.05, 0.1) is 0 Å². The van der Waals surface area contributed by atoms with Gasteiger partial charge in [-0.3, -0.25) is 4.79 Å². The summed E-state index contributed by atoms with van der Waals surface area (Å²) in [5.41, 5.74) is 0.593. The van der Waals surface area contributed by atoms with Crippen LogP contribution >= 0.6 is 0 Å². The van der Waals surface area contributed by atoms with Gasteiger partial charge in [0.2, 0.25) is 0 Å². The molecule has 82 valence electrons. The lowest BCUT2D eigenvalue weighted by Crippen LogP contribution is -2.08. The Morgan fingerprint density at radius 1 is 1.06 bits per heavy atom. The minimum absolute atomic E-state index is 0.0324. The summed E-state index contributed by atoms with van der Waals surface area (Å²) in [7, 11) is 0. The molecule has 4 heteroatoms. The van der Waals surface area contributed by atoms with Crippen LogP contribution in [0.4, 0.5) is 0 Å². The van der Waals surface area contributed by atoms with Crippen molar-refractivity contribution in [1.29, 1.82) is 0 Å². The van der Waals surface area contributed by atoms with Gasteiger partial charge in [0.15, 0.2) is 0 Å². The number of carboxylic acids is 1. The molecule has 0 unspecified atom stereocenters. The van der Waals surface area contributed by atoms with Crippen LogP contribution in [0.15, 0.2) is 48.6 Å². The van der Waals surface area contributed by atoms with Gasteiger partial charge >= 0.3 is 5.97 Å². The van der Waals surface area contributed by atoms with Crippen molar-refractivity contribution in [2.75, 3.05) is 0 Å². The van der Waals surface area contributed by atoms with E-state index in [0.717, 1.165) is 6.08 Å². The molecule has 1 aromatic carbocycles. The van der Waals surface area contributed by atoms with Gasteiger partial charge in [-0.2, -0.15) is 0 Å². The molecule has 0 saturated heterocycles. The average Bonchev–Trinajstić information content (AvgIpc) is 2.29. The zero-order valence-corrected chi connectivity index (χ0v) is 8.33. The second-order valence-corrected chi connectivity index (χ2v) is 2.95. The lowest BCUT2D eigenvalue weighted by atomic mass is 10.2. The highest BCUT2D eigenvalue weighted by Gasteiger charge is 2.04. The molecule has 0 spiro atoms. The van der Waals surface area contributed by atoms with Crippen molar-refractivity contribution in [1.82, 2.24) is 0 Å². The summed E-state index contributed by atoms with van der Waals surface area (Å²) in [6.45, 7) is 0. The van der Waals surface area contributed by atoms with E-state index < -0.39 is 11.8 Å². The Morgan fingerprint density at radius 3 is 2.25 bits per heavy atom. The van der Waals surface area contributed by atoms with Crippen LogP contribution in [0.2, 0.25) is 0 Å². The number of hydrogen-bond donors (Lipinski definition) is 2. The van der Waals surface area contributed by atoms with Gasteiger partial charge in [-0.05, 0) is 12.2 Å². The maximum Gasteiger partial charge on any atom is 0.376 e. The molecule has 0 fully saturated rings. The molecule has 16 heavy (non-hydrogen) atoms. The van der Waals surface area contributed by atoms with Crippen molar-refractivity contribution in [2.45, 2.75) is 0 Å². The molecule has 0 radical (unpaired) electrons. The van der Waals surface area contributed by atoms with Crippen molar-refractivity contribution < 1.29 is 19.8 Å². The summed E-state index contributed by atoms with van der Waals surface area (Å²) in [5, 5.41) is 17.8. The Hall–Kier alpha value is -2.36. The molecule has 0 aliphatic rings. The number of aliphatic carboxylic acids is 1. The molecule has 0 atom stereocenters. The summed E-state index contributed by atoms with van der Waals surface area (Å²) in [4.78, 5) is 20.8. The summed E-state index contributed by atoms with van der Waals surface area (Å²) in [6, 6.07) is 8.70. The Morgan fingerprint density at radius 2 is 1.69 bits per heavy atom. The van der Waals surface area contributed by atoms with Crippen molar-refractivity contribution in [2.24, 2.45) is 0 Å². The van der Waals surface area contributed by atoms with E-state index in [-0.39, 0.29) is 5.76 Å². The highest BCUT2D eigenvalue weighted by atomic mass is 16.4. The van der Waals surface area contributed by atoms with Gasteiger partial charge in [0, 0.05) is 5.56 Å². The molecule has 0 aliphatic carbocycles. The van der Waals surface area contributed by atoms with Gasteiger partial charge < -0.3 is 10.2 Å². The van der Waals surface area contributed by atoms with Crippen molar-refractivity contribution in [3.63, 3.8) is 0 Å². The van der Waals surface area contributed by atoms with Crippen molar-refractivity contribution in [3.05, 3.63) is 54.1 Å². The molecule has 0 saturated carbocycles. The predicted octanol–water partition coefficient (Wildman–Crippen LogP) is 1.80. The van der Waals surface area contributed by atoms with Crippen LogP contribution in [0.5, 0.6) is 0 Å². The van der Waals surface area contributed by atoms with Crippen LogP contribution in [-0.2, 0) is 9.59 Å². The summed E-state index contributed by atoms with van der Waals surface area (Å²) < 4.78 is 0. The molecule has 1 rings (SSSR count). The number of aliphatic hydroxyl groups is 1. The van der Waals surface area contributed by atoms with E-state index in [0.29, 0.717) is 5.56 Å². The number of benzene rings is 1. The van der Waals surface area contributed by atoms with E-state index in [4.69, 9.17) is 5.11 Å². The number of carboxylic acid groups (broad SMARTS) is 1. The number of rotatable bonds is 4. The topological polar surface area (TPSA) is 74.6 Å². The summed E-state index contributed by atoms with van der Waals surface area (Å²) in [6.07, 6.45) is 3.33. The fourth-order valence-corrected chi connectivity index (χ4v) is 1.00. The number of carbonyl (C=O) groups excluding carboxylic acids is 1. The molecule has 2 N–H and O–H groups in total. The number of aliphatic hydroxyl groups excluding tert-OH is 1. The second kappa shape index (κ2) is 5.50. The Balaban J connectivity index is 2.72. The van der Waals surface area contributed by atoms with E-state index in [1.54, 1.807) is 30.3 Å². The van der Waals surface area contributed by atoms with E-state index >= 15 is 0 Å². The Labute approximate surface area is 92.2 Å². The lowest BCUT2D eigenvalue weighted by Gasteiger charge is -1.96. The summed E-state index contributed by atoms with van der Waals surface area (Å²) in [5.74, 6) is -2.59. The first-order valence-electron chi connectivity index (χ1n) is 4.51. The zero-order valence-electron chi connectivity index (χ0n) is 8.33. The van der Waals surface area contributed by atoms with Gasteiger partial charge in [-0.25, -0.2) is 4.79 Å². The van der Waals surface area contributed by atoms with Crippen LogP contribution in [0.3, 0.4) is 0 Å². The standard InChI is InChI=1S/C12H10O4/c13-10(9-5-2-1-3-6-9)7-4-8-11(14)12(15)16/h1-8,13H,(H,15,16)/b8-4+,10-7+. The van der Waals surface area contributed by atoms with Gasteiger partial charge in [-0.1, -0.05) is 36.4 Å². The molecule has 1 aromatic rings. The number of carbonyl (C=O) groups is 2. The number of ketones is 1. The minimum atomic E-state index is -1.52. The molecule has 0 amide bonds. The van der Waals surface area contributed by atoms with Crippen LogP contribution in [0, 0.1) is 0 Å². The lowest BCUT2D eigenvalue weighted by molar-refractivity contribution is -0.146. The average molecular weight is 218 g/mol. The molecule has 4 nitrogen and oxygen atoms in total. The van der Waals surface area contributed by atoms with Gasteiger partial charge in [-0.15, -0.1) is 0 Å². The predicted molar refractivity (Wildman–Crippen MR) is 58.8 cm³/mol. The third-order valence-electron chi connectivity index (χ3n) is 1.78. The molecular weight excluding hydrogens is 208 g/mol.